The fourth-order valence-corrected chi connectivity index (χ4v) is 5.24. The Morgan fingerprint density at radius 2 is 2.20 bits per heavy atom. The first-order chi connectivity index (χ1) is 14.4. The van der Waals surface area contributed by atoms with E-state index in [1.165, 1.54) is 17.6 Å². The van der Waals surface area contributed by atoms with Crippen LogP contribution in [0.15, 0.2) is 37.3 Å². The number of H-pyrrole nitrogens is 1. The molecular weight excluding hydrogens is 468 g/mol. The number of aromatic nitrogens is 2. The number of aromatic amines is 1. The number of rotatable bonds is 4. The smallest absolute Gasteiger partial charge is 0.335 e. The van der Waals surface area contributed by atoms with E-state index >= 15 is 0 Å². The number of nitrogens with one attached hydrogen (secondary N) is 1. The quantitative estimate of drug-likeness (QED) is 0.549. The first kappa shape index (κ1) is 20.3. The molecule has 1 aliphatic rings. The number of hydrogen-bond acceptors (Lipinski definition) is 6. The van der Waals surface area contributed by atoms with Gasteiger partial charge in [0.2, 0.25) is 5.88 Å². The van der Waals surface area contributed by atoms with Gasteiger partial charge < -0.3 is 5.11 Å². The number of halogens is 1. The van der Waals surface area contributed by atoms with Gasteiger partial charge in [-0.2, -0.15) is 5.26 Å². The van der Waals surface area contributed by atoms with Gasteiger partial charge in [-0.25, -0.2) is 14.4 Å². The molecule has 152 valence electrons. The Morgan fingerprint density at radius 1 is 1.40 bits per heavy atom. The van der Waals surface area contributed by atoms with Gasteiger partial charge >= 0.3 is 5.69 Å². The fraction of sp³-hybridized carbons (Fsp3) is 0.238. The monoisotopic (exact) mass is 484 g/mol. The van der Waals surface area contributed by atoms with Crippen molar-refractivity contribution in [2.45, 2.75) is 32.6 Å². The molecule has 0 saturated heterocycles. The van der Waals surface area contributed by atoms with Crippen molar-refractivity contribution < 1.29 is 5.11 Å². The zero-order valence-corrected chi connectivity index (χ0v) is 18.4. The highest BCUT2D eigenvalue weighted by molar-refractivity contribution is 9.10. The van der Waals surface area contributed by atoms with E-state index in [1.54, 1.807) is 12.1 Å². The van der Waals surface area contributed by atoms with Crippen LogP contribution in [0.1, 0.15) is 40.5 Å². The van der Waals surface area contributed by atoms with Crippen LogP contribution in [0.5, 0.6) is 5.88 Å². The van der Waals surface area contributed by atoms with Gasteiger partial charge in [0.25, 0.3) is 5.56 Å². The molecule has 0 atom stereocenters. The standard InChI is InChI=1S/C21H17BrN4O3S/c1-2-11-8-12(22)6-7-16(11)26-20(28)15(18(27)25-21(26)29)10-24-19-14(9-23)13-4-3-5-17(13)30-19/h6-8,10,28H,2-5H2,1H3,(H,25,27,29). The molecule has 1 aliphatic carbocycles. The lowest BCUT2D eigenvalue weighted by molar-refractivity contribution is 0.429. The summed E-state index contributed by atoms with van der Waals surface area (Å²) in [7, 11) is 0. The number of hydrogen-bond donors (Lipinski definition) is 2. The molecule has 2 aromatic heterocycles. The van der Waals surface area contributed by atoms with Crippen LogP contribution in [-0.2, 0) is 19.3 Å². The van der Waals surface area contributed by atoms with Crippen LogP contribution in [0.4, 0.5) is 5.00 Å². The average molecular weight is 485 g/mol. The van der Waals surface area contributed by atoms with Crippen molar-refractivity contribution in [3.8, 4) is 17.6 Å². The number of nitrogens with zero attached hydrogens (tertiary/aromatic N) is 3. The maximum atomic E-state index is 12.5. The van der Waals surface area contributed by atoms with Crippen molar-refractivity contribution in [1.29, 1.82) is 5.26 Å². The number of aliphatic imine (C=N–C) groups is 1. The van der Waals surface area contributed by atoms with Crippen LogP contribution in [0, 0.1) is 11.3 Å². The Labute approximate surface area is 184 Å². The predicted octanol–water partition coefficient (Wildman–Crippen LogP) is 3.73. The van der Waals surface area contributed by atoms with Gasteiger partial charge in [-0.3, -0.25) is 9.78 Å². The SMILES string of the molecule is CCc1cc(Br)ccc1-n1c(O)c(C=Nc2sc3c(c2C#N)CCC3)c(=O)[nH]c1=O. The second-order valence-corrected chi connectivity index (χ2v) is 8.87. The number of thiophene rings is 1. The van der Waals surface area contributed by atoms with Crippen molar-refractivity contribution in [3.05, 3.63) is 70.6 Å². The molecule has 1 aromatic carbocycles. The molecule has 2 heterocycles. The third kappa shape index (κ3) is 3.42. The van der Waals surface area contributed by atoms with E-state index < -0.39 is 17.1 Å². The highest BCUT2D eigenvalue weighted by Crippen LogP contribution is 2.40. The number of aryl methyl sites for hydroxylation is 2. The van der Waals surface area contributed by atoms with E-state index in [9.17, 15) is 20.0 Å². The topological polar surface area (TPSA) is 111 Å². The van der Waals surface area contributed by atoms with E-state index in [0.717, 1.165) is 44.3 Å². The zero-order chi connectivity index (χ0) is 21.4. The molecule has 0 unspecified atom stereocenters. The van der Waals surface area contributed by atoms with Crippen LogP contribution >= 0.6 is 27.3 Å². The summed E-state index contributed by atoms with van der Waals surface area (Å²) in [6.45, 7) is 1.93. The molecular formula is C21H17BrN4O3S. The molecule has 3 aromatic rings. The summed E-state index contributed by atoms with van der Waals surface area (Å²) in [5.41, 5.74) is 1.22. The Bertz CT molecular complexity index is 1340. The summed E-state index contributed by atoms with van der Waals surface area (Å²) in [4.78, 5) is 32.6. The lowest BCUT2D eigenvalue weighted by Gasteiger charge is -2.13. The van der Waals surface area contributed by atoms with Gasteiger partial charge in [0.05, 0.1) is 11.3 Å². The van der Waals surface area contributed by atoms with Gasteiger partial charge in [-0.05, 0) is 55.0 Å². The number of fused-ring (bicyclic) bond motifs is 1. The van der Waals surface area contributed by atoms with Crippen molar-refractivity contribution in [2.24, 2.45) is 4.99 Å². The van der Waals surface area contributed by atoms with E-state index in [2.05, 4.69) is 32.0 Å². The molecule has 30 heavy (non-hydrogen) atoms. The summed E-state index contributed by atoms with van der Waals surface area (Å²) in [5.74, 6) is -0.493. The summed E-state index contributed by atoms with van der Waals surface area (Å²) in [5, 5.41) is 20.8. The molecule has 2 N–H and O–H groups in total. The van der Waals surface area contributed by atoms with E-state index in [0.29, 0.717) is 22.7 Å². The Balaban J connectivity index is 1.85. The van der Waals surface area contributed by atoms with E-state index in [4.69, 9.17) is 0 Å². The van der Waals surface area contributed by atoms with Crippen LogP contribution in [0.2, 0.25) is 0 Å². The normalized spacial score (nSPS) is 13.0. The van der Waals surface area contributed by atoms with Crippen molar-refractivity contribution in [2.75, 3.05) is 0 Å². The van der Waals surface area contributed by atoms with Crippen LogP contribution < -0.4 is 11.2 Å². The number of nitriles is 1. The summed E-state index contributed by atoms with van der Waals surface area (Å²) >= 11 is 4.83. The first-order valence-corrected chi connectivity index (χ1v) is 11.0. The van der Waals surface area contributed by atoms with E-state index in [1.807, 2.05) is 13.0 Å². The first-order valence-electron chi connectivity index (χ1n) is 9.40. The summed E-state index contributed by atoms with van der Waals surface area (Å²) in [6, 6.07) is 7.50. The third-order valence-electron chi connectivity index (χ3n) is 5.11. The summed E-state index contributed by atoms with van der Waals surface area (Å²) < 4.78 is 1.91. The minimum atomic E-state index is -0.740. The second-order valence-electron chi connectivity index (χ2n) is 6.87. The van der Waals surface area contributed by atoms with Crippen molar-refractivity contribution >= 4 is 38.5 Å². The molecule has 0 amide bonds. The second kappa shape index (κ2) is 8.05. The average Bonchev–Trinajstić information content (AvgIpc) is 3.29. The number of aromatic hydroxyl groups is 1. The molecule has 4 rings (SSSR count). The molecule has 0 saturated carbocycles. The van der Waals surface area contributed by atoms with Crippen molar-refractivity contribution in [1.82, 2.24) is 9.55 Å². The van der Waals surface area contributed by atoms with Crippen molar-refractivity contribution in [3.63, 3.8) is 0 Å². The minimum Gasteiger partial charge on any atom is -0.493 e. The molecule has 0 bridgehead atoms. The maximum Gasteiger partial charge on any atom is 0.335 e. The van der Waals surface area contributed by atoms with E-state index in [-0.39, 0.29) is 5.56 Å². The van der Waals surface area contributed by atoms with Crippen LogP contribution in [0.3, 0.4) is 0 Å². The van der Waals surface area contributed by atoms with Gasteiger partial charge in [-0.15, -0.1) is 11.3 Å². The lowest BCUT2D eigenvalue weighted by atomic mass is 10.1. The molecule has 0 aliphatic heterocycles. The molecule has 0 fully saturated rings. The molecule has 0 radical (unpaired) electrons. The predicted molar refractivity (Wildman–Crippen MR) is 120 cm³/mol. The Kier molecular flexibility index (Phi) is 5.45. The van der Waals surface area contributed by atoms with Gasteiger partial charge in [0.1, 0.15) is 16.6 Å². The third-order valence-corrected chi connectivity index (χ3v) is 6.80. The maximum absolute atomic E-state index is 12.5. The van der Waals surface area contributed by atoms with Crippen LogP contribution in [0.25, 0.3) is 5.69 Å². The van der Waals surface area contributed by atoms with Gasteiger partial charge in [0, 0.05) is 15.6 Å². The molecule has 9 heteroatoms. The highest BCUT2D eigenvalue weighted by Gasteiger charge is 2.22. The van der Waals surface area contributed by atoms with Crippen LogP contribution in [-0.4, -0.2) is 20.9 Å². The fourth-order valence-electron chi connectivity index (χ4n) is 3.65. The Morgan fingerprint density at radius 3 is 2.93 bits per heavy atom. The largest absolute Gasteiger partial charge is 0.493 e. The number of benzene rings is 1. The zero-order valence-electron chi connectivity index (χ0n) is 16.0. The highest BCUT2D eigenvalue weighted by atomic mass is 79.9. The molecule has 7 nitrogen and oxygen atoms in total. The minimum absolute atomic E-state index is 0.142. The van der Waals surface area contributed by atoms with Gasteiger partial charge in [0.15, 0.2) is 0 Å². The lowest BCUT2D eigenvalue weighted by Crippen LogP contribution is -2.31. The van der Waals surface area contributed by atoms with Gasteiger partial charge in [-0.1, -0.05) is 22.9 Å². The Hall–Kier alpha value is -2.96. The summed E-state index contributed by atoms with van der Waals surface area (Å²) in [6.07, 6.45) is 4.64. The molecule has 0 spiro atoms.